The van der Waals surface area contributed by atoms with Gasteiger partial charge in [0.05, 0.1) is 21.9 Å². The number of para-hydroxylation sites is 1. The Hall–Kier alpha value is -1.65. The van der Waals surface area contributed by atoms with Crippen LogP contribution in [0.4, 0.5) is 0 Å². The van der Waals surface area contributed by atoms with Crippen LogP contribution in [0.25, 0.3) is 10.9 Å². The normalized spacial score (nSPS) is 12.8. The van der Waals surface area contributed by atoms with Crippen molar-refractivity contribution in [2.24, 2.45) is 0 Å². The average molecular weight is 304 g/mol. The van der Waals surface area contributed by atoms with Gasteiger partial charge in [-0.1, -0.05) is 24.3 Å². The topological polar surface area (TPSA) is 46.3 Å². The SMILES string of the molecule is OC(c1ccc2ccccc2n1)c1occc1Br. The maximum absolute atomic E-state index is 10.2. The molecule has 0 aliphatic heterocycles. The third-order valence-electron chi connectivity index (χ3n) is 2.79. The molecular formula is C14H10BrNO2. The smallest absolute Gasteiger partial charge is 0.155 e. The van der Waals surface area contributed by atoms with Gasteiger partial charge in [-0.3, -0.25) is 0 Å². The second kappa shape index (κ2) is 4.55. The molecule has 4 heteroatoms. The summed E-state index contributed by atoms with van der Waals surface area (Å²) < 4.78 is 6.00. The minimum Gasteiger partial charge on any atom is -0.465 e. The number of halogens is 1. The van der Waals surface area contributed by atoms with E-state index in [9.17, 15) is 5.11 Å². The summed E-state index contributed by atoms with van der Waals surface area (Å²) in [5.74, 6) is 0.470. The van der Waals surface area contributed by atoms with Gasteiger partial charge >= 0.3 is 0 Å². The van der Waals surface area contributed by atoms with Crippen LogP contribution < -0.4 is 0 Å². The Morgan fingerprint density at radius 1 is 1.11 bits per heavy atom. The quantitative estimate of drug-likeness (QED) is 0.785. The summed E-state index contributed by atoms with van der Waals surface area (Å²) in [4.78, 5) is 4.44. The molecule has 0 saturated carbocycles. The molecule has 2 aromatic heterocycles. The van der Waals surface area contributed by atoms with Gasteiger partial charge in [0.15, 0.2) is 11.9 Å². The lowest BCUT2D eigenvalue weighted by atomic mass is 10.1. The molecule has 0 amide bonds. The van der Waals surface area contributed by atoms with E-state index < -0.39 is 6.10 Å². The van der Waals surface area contributed by atoms with E-state index >= 15 is 0 Å². The number of rotatable bonds is 2. The summed E-state index contributed by atoms with van der Waals surface area (Å²) in [6.45, 7) is 0. The molecule has 3 nitrogen and oxygen atoms in total. The van der Waals surface area contributed by atoms with Gasteiger partial charge < -0.3 is 9.52 Å². The molecule has 0 aliphatic carbocycles. The number of pyridine rings is 1. The summed E-state index contributed by atoms with van der Waals surface area (Å²) in [5, 5.41) is 11.3. The zero-order chi connectivity index (χ0) is 12.5. The lowest BCUT2D eigenvalue weighted by Crippen LogP contribution is -2.01. The molecule has 0 radical (unpaired) electrons. The highest BCUT2D eigenvalue weighted by Crippen LogP contribution is 2.29. The van der Waals surface area contributed by atoms with Crippen molar-refractivity contribution in [1.82, 2.24) is 4.98 Å². The fourth-order valence-corrected chi connectivity index (χ4v) is 2.29. The number of benzene rings is 1. The van der Waals surface area contributed by atoms with Gasteiger partial charge in [-0.15, -0.1) is 0 Å². The number of nitrogens with zero attached hydrogens (tertiary/aromatic N) is 1. The van der Waals surface area contributed by atoms with Crippen molar-refractivity contribution < 1.29 is 9.52 Å². The first kappa shape index (κ1) is 11.4. The Labute approximate surface area is 112 Å². The van der Waals surface area contributed by atoms with E-state index in [2.05, 4.69) is 20.9 Å². The van der Waals surface area contributed by atoms with Crippen LogP contribution in [-0.2, 0) is 0 Å². The Morgan fingerprint density at radius 2 is 1.94 bits per heavy atom. The number of aromatic nitrogens is 1. The van der Waals surface area contributed by atoms with E-state index in [1.54, 1.807) is 6.07 Å². The van der Waals surface area contributed by atoms with E-state index in [1.807, 2.05) is 36.4 Å². The Bertz CT molecular complexity index is 693. The zero-order valence-corrected chi connectivity index (χ0v) is 11.0. The summed E-state index contributed by atoms with van der Waals surface area (Å²) in [6.07, 6.45) is 0.669. The maximum Gasteiger partial charge on any atom is 0.155 e. The molecule has 0 saturated heterocycles. The number of aliphatic hydroxyl groups is 1. The zero-order valence-electron chi connectivity index (χ0n) is 9.38. The fourth-order valence-electron chi connectivity index (χ4n) is 1.87. The lowest BCUT2D eigenvalue weighted by molar-refractivity contribution is 0.184. The van der Waals surface area contributed by atoms with E-state index in [1.165, 1.54) is 6.26 Å². The van der Waals surface area contributed by atoms with Crippen molar-refractivity contribution in [3.8, 4) is 0 Å². The highest BCUT2D eigenvalue weighted by atomic mass is 79.9. The first-order valence-corrected chi connectivity index (χ1v) is 6.31. The van der Waals surface area contributed by atoms with Gasteiger partial charge in [0.1, 0.15) is 0 Å². The van der Waals surface area contributed by atoms with Crippen LogP contribution in [-0.4, -0.2) is 10.1 Å². The van der Waals surface area contributed by atoms with Gasteiger partial charge in [-0.2, -0.15) is 0 Å². The van der Waals surface area contributed by atoms with Gasteiger partial charge in [0.25, 0.3) is 0 Å². The van der Waals surface area contributed by atoms with Crippen molar-refractivity contribution >= 4 is 26.8 Å². The highest BCUT2D eigenvalue weighted by Gasteiger charge is 2.18. The fraction of sp³-hybridized carbons (Fsp3) is 0.0714. The summed E-state index contributed by atoms with van der Waals surface area (Å²) in [7, 11) is 0. The number of aliphatic hydroxyl groups excluding tert-OH is 1. The van der Waals surface area contributed by atoms with Gasteiger partial charge in [0, 0.05) is 5.39 Å². The van der Waals surface area contributed by atoms with Gasteiger partial charge in [0.2, 0.25) is 0 Å². The van der Waals surface area contributed by atoms with E-state index in [-0.39, 0.29) is 0 Å². The minimum absolute atomic E-state index is 0.470. The summed E-state index contributed by atoms with van der Waals surface area (Å²) in [6, 6.07) is 13.3. The molecule has 3 rings (SSSR count). The van der Waals surface area contributed by atoms with Gasteiger partial charge in [-0.25, -0.2) is 4.98 Å². The summed E-state index contributed by atoms with van der Waals surface area (Å²) in [5.41, 5.74) is 1.43. The van der Waals surface area contributed by atoms with Crippen LogP contribution in [0.15, 0.2) is 57.6 Å². The Kier molecular flexibility index (Phi) is 2.89. The molecule has 0 bridgehead atoms. The van der Waals surface area contributed by atoms with Crippen LogP contribution >= 0.6 is 15.9 Å². The van der Waals surface area contributed by atoms with Crippen LogP contribution in [0.2, 0.25) is 0 Å². The Balaban J connectivity index is 2.07. The van der Waals surface area contributed by atoms with E-state index in [0.29, 0.717) is 11.5 Å². The largest absolute Gasteiger partial charge is 0.465 e. The van der Waals surface area contributed by atoms with E-state index in [0.717, 1.165) is 15.4 Å². The molecule has 1 aromatic carbocycles. The molecule has 0 aliphatic rings. The molecule has 0 fully saturated rings. The third kappa shape index (κ3) is 1.94. The second-order valence-corrected chi connectivity index (χ2v) is 4.82. The minimum atomic E-state index is -0.862. The average Bonchev–Trinajstić information content (AvgIpc) is 2.83. The Morgan fingerprint density at radius 3 is 2.72 bits per heavy atom. The molecule has 1 atom stereocenters. The van der Waals surface area contributed by atoms with Crippen LogP contribution in [0.5, 0.6) is 0 Å². The number of fused-ring (bicyclic) bond motifs is 1. The van der Waals surface area contributed by atoms with Crippen LogP contribution in [0, 0.1) is 0 Å². The first-order valence-electron chi connectivity index (χ1n) is 5.52. The summed E-state index contributed by atoms with van der Waals surface area (Å²) >= 11 is 3.33. The lowest BCUT2D eigenvalue weighted by Gasteiger charge is -2.09. The van der Waals surface area contributed by atoms with E-state index in [4.69, 9.17) is 4.42 Å². The molecule has 18 heavy (non-hydrogen) atoms. The number of hydrogen-bond acceptors (Lipinski definition) is 3. The first-order chi connectivity index (χ1) is 8.75. The second-order valence-electron chi connectivity index (χ2n) is 3.96. The number of hydrogen-bond donors (Lipinski definition) is 1. The molecular weight excluding hydrogens is 294 g/mol. The van der Waals surface area contributed by atoms with Crippen molar-refractivity contribution in [1.29, 1.82) is 0 Å². The molecule has 2 heterocycles. The van der Waals surface area contributed by atoms with Crippen molar-refractivity contribution in [2.75, 3.05) is 0 Å². The predicted molar refractivity (Wildman–Crippen MR) is 72.2 cm³/mol. The highest BCUT2D eigenvalue weighted by molar-refractivity contribution is 9.10. The van der Waals surface area contributed by atoms with Crippen LogP contribution in [0.1, 0.15) is 17.6 Å². The molecule has 0 spiro atoms. The molecule has 3 aromatic rings. The van der Waals surface area contributed by atoms with Crippen molar-refractivity contribution in [3.05, 3.63) is 64.7 Å². The third-order valence-corrected chi connectivity index (χ3v) is 3.45. The monoisotopic (exact) mass is 303 g/mol. The number of furan rings is 1. The van der Waals surface area contributed by atoms with Crippen LogP contribution in [0.3, 0.4) is 0 Å². The molecule has 1 N–H and O–H groups in total. The maximum atomic E-state index is 10.2. The van der Waals surface area contributed by atoms with Gasteiger partial charge in [-0.05, 0) is 34.1 Å². The standard InChI is InChI=1S/C14H10BrNO2/c15-10-7-8-18-14(10)13(17)12-6-5-9-3-1-2-4-11(9)16-12/h1-8,13,17H. The van der Waals surface area contributed by atoms with Crippen molar-refractivity contribution in [2.45, 2.75) is 6.10 Å². The molecule has 1 unspecified atom stereocenters. The van der Waals surface area contributed by atoms with Crippen molar-refractivity contribution in [3.63, 3.8) is 0 Å². The predicted octanol–water partition coefficient (Wildman–Crippen LogP) is 3.67. The molecule has 90 valence electrons.